The van der Waals surface area contributed by atoms with Gasteiger partial charge in [-0.15, -0.1) is 0 Å². The van der Waals surface area contributed by atoms with Crippen molar-refractivity contribution >= 4 is 5.97 Å². The Hall–Kier alpha value is -2.34. The van der Waals surface area contributed by atoms with Crippen LogP contribution in [0.15, 0.2) is 43.0 Å². The summed E-state index contributed by atoms with van der Waals surface area (Å²) in [7, 11) is 1.57. The molecule has 6 nitrogen and oxygen atoms in total. The molecule has 0 saturated heterocycles. The predicted molar refractivity (Wildman–Crippen MR) is 85.1 cm³/mol. The van der Waals surface area contributed by atoms with Gasteiger partial charge in [-0.3, -0.25) is 0 Å². The lowest BCUT2D eigenvalue weighted by molar-refractivity contribution is -0.163. The first kappa shape index (κ1) is 17.0. The molecule has 0 aliphatic rings. The van der Waals surface area contributed by atoms with Gasteiger partial charge in [-0.25, -0.2) is 9.78 Å². The molecule has 0 spiro atoms. The van der Waals surface area contributed by atoms with E-state index in [9.17, 15) is 9.90 Å². The van der Waals surface area contributed by atoms with Crippen LogP contribution in [0.2, 0.25) is 0 Å². The average molecular weight is 318 g/mol. The summed E-state index contributed by atoms with van der Waals surface area (Å²) in [6.45, 7) is 5.36. The number of carbonyl (C=O) groups is 1. The molecule has 0 bridgehead atoms. The second-order valence-corrected chi connectivity index (χ2v) is 6.21. The number of hydrogen-bond donors (Lipinski definition) is 1. The molecule has 2 rings (SSSR count). The van der Waals surface area contributed by atoms with Crippen molar-refractivity contribution in [3.63, 3.8) is 0 Å². The lowest BCUT2D eigenvalue weighted by Crippen LogP contribution is -2.33. The van der Waals surface area contributed by atoms with E-state index in [0.717, 1.165) is 0 Å². The van der Waals surface area contributed by atoms with Crippen molar-refractivity contribution in [3.05, 3.63) is 48.5 Å². The number of aliphatic hydroxyl groups is 1. The van der Waals surface area contributed by atoms with Gasteiger partial charge in [0, 0.05) is 12.4 Å². The van der Waals surface area contributed by atoms with E-state index >= 15 is 0 Å². The molecule has 2 atom stereocenters. The van der Waals surface area contributed by atoms with Crippen molar-refractivity contribution in [1.82, 2.24) is 9.55 Å². The number of imidazole rings is 1. The van der Waals surface area contributed by atoms with Crippen LogP contribution in [-0.4, -0.2) is 33.3 Å². The Morgan fingerprint density at radius 3 is 2.39 bits per heavy atom. The largest absolute Gasteiger partial charge is 0.497 e. The van der Waals surface area contributed by atoms with Gasteiger partial charge in [0.05, 0.1) is 13.4 Å². The van der Waals surface area contributed by atoms with Crippen molar-refractivity contribution in [2.45, 2.75) is 38.5 Å². The summed E-state index contributed by atoms with van der Waals surface area (Å²) in [6.07, 6.45) is 3.60. The first-order valence-electron chi connectivity index (χ1n) is 7.34. The van der Waals surface area contributed by atoms with Crippen LogP contribution in [0.1, 0.15) is 38.5 Å². The lowest BCUT2D eigenvalue weighted by Gasteiger charge is -2.27. The second kappa shape index (κ2) is 6.83. The van der Waals surface area contributed by atoms with Crippen molar-refractivity contribution in [1.29, 1.82) is 0 Å². The molecule has 6 heteroatoms. The maximum absolute atomic E-state index is 12.5. The minimum Gasteiger partial charge on any atom is -0.497 e. The SMILES string of the molecule is COc1ccc(C(O)C(C(=O)OC(C)(C)C)n2ccnc2)cc1. The molecule has 0 aliphatic carbocycles. The Balaban J connectivity index is 2.31. The van der Waals surface area contributed by atoms with Crippen molar-refractivity contribution in [2.75, 3.05) is 7.11 Å². The maximum Gasteiger partial charge on any atom is 0.332 e. The zero-order valence-corrected chi connectivity index (χ0v) is 13.8. The number of nitrogens with zero attached hydrogens (tertiary/aromatic N) is 2. The second-order valence-electron chi connectivity index (χ2n) is 6.21. The molecule has 1 N–H and O–H groups in total. The van der Waals surface area contributed by atoms with E-state index in [1.54, 1.807) is 69.1 Å². The van der Waals surface area contributed by atoms with Gasteiger partial charge in [-0.2, -0.15) is 0 Å². The molecule has 0 radical (unpaired) electrons. The number of rotatable bonds is 5. The van der Waals surface area contributed by atoms with Crippen molar-refractivity contribution in [2.24, 2.45) is 0 Å². The summed E-state index contributed by atoms with van der Waals surface area (Å²) in [6, 6.07) is 6.00. The van der Waals surface area contributed by atoms with Gasteiger partial charge in [0.1, 0.15) is 17.5 Å². The van der Waals surface area contributed by atoms with Gasteiger partial charge >= 0.3 is 5.97 Å². The highest BCUT2D eigenvalue weighted by Crippen LogP contribution is 2.30. The van der Waals surface area contributed by atoms with Crippen LogP contribution < -0.4 is 4.74 Å². The van der Waals surface area contributed by atoms with Crippen LogP contribution >= 0.6 is 0 Å². The number of methoxy groups -OCH3 is 1. The smallest absolute Gasteiger partial charge is 0.332 e. The summed E-state index contributed by atoms with van der Waals surface area (Å²) in [4.78, 5) is 16.5. The fourth-order valence-electron chi connectivity index (χ4n) is 2.19. The number of aliphatic hydroxyl groups excluding tert-OH is 1. The van der Waals surface area contributed by atoms with Crippen molar-refractivity contribution < 1.29 is 19.4 Å². The molecule has 1 aromatic carbocycles. The van der Waals surface area contributed by atoms with Gasteiger partial charge < -0.3 is 19.1 Å². The number of esters is 1. The molecule has 124 valence electrons. The number of carbonyl (C=O) groups excluding carboxylic acids is 1. The molecule has 23 heavy (non-hydrogen) atoms. The van der Waals surface area contributed by atoms with Gasteiger partial charge in [-0.05, 0) is 38.5 Å². The average Bonchev–Trinajstić information content (AvgIpc) is 2.99. The molecule has 1 heterocycles. The first-order chi connectivity index (χ1) is 10.8. The minimum absolute atomic E-state index is 0.515. The standard InChI is InChI=1S/C17H22N2O4/c1-17(2,3)23-16(21)14(19-10-9-18-11-19)15(20)12-5-7-13(22-4)8-6-12/h5-11,14-15,20H,1-4H3. The molecule has 1 aromatic heterocycles. The van der Waals surface area contributed by atoms with Crippen LogP contribution in [-0.2, 0) is 9.53 Å². The number of aromatic nitrogens is 2. The van der Waals surface area contributed by atoms with Gasteiger partial charge in [-0.1, -0.05) is 12.1 Å². The summed E-state index contributed by atoms with van der Waals surface area (Å²) >= 11 is 0. The van der Waals surface area contributed by atoms with Crippen LogP contribution in [0, 0.1) is 0 Å². The molecule has 2 unspecified atom stereocenters. The van der Waals surface area contributed by atoms with Crippen LogP contribution in [0.5, 0.6) is 5.75 Å². The highest BCUT2D eigenvalue weighted by atomic mass is 16.6. The first-order valence-corrected chi connectivity index (χ1v) is 7.34. The molecule has 0 amide bonds. The van der Waals surface area contributed by atoms with Crippen molar-refractivity contribution in [3.8, 4) is 5.75 Å². The fourth-order valence-corrected chi connectivity index (χ4v) is 2.19. The molecular weight excluding hydrogens is 296 g/mol. The maximum atomic E-state index is 12.5. The normalized spacial score (nSPS) is 14.1. The molecule has 0 saturated carbocycles. The zero-order valence-electron chi connectivity index (χ0n) is 13.8. The third kappa shape index (κ3) is 4.32. The van der Waals surface area contributed by atoms with Gasteiger partial charge in [0.2, 0.25) is 0 Å². The van der Waals surface area contributed by atoms with Gasteiger partial charge in [0.25, 0.3) is 0 Å². The summed E-state index contributed by atoms with van der Waals surface area (Å²) in [5.41, 5.74) is -0.0504. The fraction of sp³-hybridized carbons (Fsp3) is 0.412. The topological polar surface area (TPSA) is 73.6 Å². The minimum atomic E-state index is -1.06. The molecular formula is C17H22N2O4. The highest BCUT2D eigenvalue weighted by molar-refractivity contribution is 5.75. The summed E-state index contributed by atoms with van der Waals surface area (Å²) < 4.78 is 12.1. The van der Waals surface area contributed by atoms with E-state index < -0.39 is 23.7 Å². The van der Waals surface area contributed by atoms with Crippen LogP contribution in [0.4, 0.5) is 0 Å². The van der Waals surface area contributed by atoms with E-state index in [-0.39, 0.29) is 0 Å². The Bertz CT molecular complexity index is 630. The third-order valence-electron chi connectivity index (χ3n) is 3.25. The van der Waals surface area contributed by atoms with E-state index in [2.05, 4.69) is 4.98 Å². The Morgan fingerprint density at radius 2 is 1.91 bits per heavy atom. The Morgan fingerprint density at radius 1 is 1.26 bits per heavy atom. The molecule has 2 aromatic rings. The van der Waals surface area contributed by atoms with E-state index in [0.29, 0.717) is 11.3 Å². The Kier molecular flexibility index (Phi) is 5.05. The van der Waals surface area contributed by atoms with Gasteiger partial charge in [0.15, 0.2) is 6.04 Å². The van der Waals surface area contributed by atoms with Crippen LogP contribution in [0.25, 0.3) is 0 Å². The molecule has 0 fully saturated rings. The predicted octanol–water partition coefficient (Wildman–Crippen LogP) is 2.51. The Labute approximate surface area is 135 Å². The van der Waals surface area contributed by atoms with E-state index in [1.807, 2.05) is 0 Å². The quantitative estimate of drug-likeness (QED) is 0.858. The number of ether oxygens (including phenoxy) is 2. The third-order valence-corrected chi connectivity index (χ3v) is 3.25. The summed E-state index contributed by atoms with van der Waals surface area (Å²) in [5, 5.41) is 10.7. The highest BCUT2D eigenvalue weighted by Gasteiger charge is 2.33. The lowest BCUT2D eigenvalue weighted by atomic mass is 10.0. The summed E-state index contributed by atoms with van der Waals surface area (Å²) in [5.74, 6) is 0.163. The number of benzene rings is 1. The number of hydrogen-bond acceptors (Lipinski definition) is 5. The monoisotopic (exact) mass is 318 g/mol. The molecule has 0 aliphatic heterocycles. The van der Waals surface area contributed by atoms with Crippen LogP contribution in [0.3, 0.4) is 0 Å². The zero-order chi connectivity index (χ0) is 17.0. The van der Waals surface area contributed by atoms with E-state index in [4.69, 9.17) is 9.47 Å². The van der Waals surface area contributed by atoms with E-state index in [1.165, 1.54) is 6.33 Å².